The zero-order valence-electron chi connectivity index (χ0n) is 80.6. The number of aryl methyl sites for hydroxylation is 4. The van der Waals surface area contributed by atoms with E-state index in [1.165, 1.54) is 50.5 Å². The van der Waals surface area contributed by atoms with E-state index < -0.39 is 34.2 Å². The monoisotopic (exact) mass is 1990 g/mol. The van der Waals surface area contributed by atoms with Crippen molar-refractivity contribution in [1.82, 2.24) is 73.8 Å². The number of nitrogens with zero attached hydrogens (tertiary/aromatic N) is 11. The van der Waals surface area contributed by atoms with Gasteiger partial charge in [-0.2, -0.15) is 20.4 Å². The van der Waals surface area contributed by atoms with Gasteiger partial charge in [0, 0.05) is 82.7 Å². The zero-order valence-corrected chi connectivity index (χ0v) is 81.4. The number of para-hydroxylation sites is 1. The lowest BCUT2D eigenvalue weighted by Crippen LogP contribution is -2.18. The largest absolute Gasteiger partial charge is 0.484 e. The summed E-state index contributed by atoms with van der Waals surface area (Å²) in [4.78, 5) is 118. The maximum Gasteiger partial charge on any atom is 0.264 e. The van der Waals surface area contributed by atoms with Gasteiger partial charge in [-0.25, -0.2) is 27.5 Å². The minimum atomic E-state index is -0.675. The number of amides is 4. The third kappa shape index (κ3) is 19.4. The van der Waals surface area contributed by atoms with Gasteiger partial charge in [0.25, 0.3) is 22.2 Å². The van der Waals surface area contributed by atoms with E-state index in [0.29, 0.717) is 132 Å². The lowest BCUT2D eigenvalue weighted by atomic mass is 9.96. The summed E-state index contributed by atoms with van der Waals surface area (Å²) >= 11 is 6.44. The Bertz CT molecular complexity index is 7990. The van der Waals surface area contributed by atoms with Crippen LogP contribution in [0.2, 0.25) is 5.02 Å². The number of aromatic nitrogens is 12. The normalized spacial score (nSPS) is 12.4. The predicted octanol–water partition coefficient (Wildman–Crippen LogP) is 15.7. The van der Waals surface area contributed by atoms with Gasteiger partial charge in [0.05, 0.1) is 44.5 Å². The van der Waals surface area contributed by atoms with Crippen LogP contribution in [0.5, 0.6) is 34.9 Å². The highest BCUT2D eigenvalue weighted by Crippen LogP contribution is 2.50. The molecule has 0 saturated heterocycles. The molecule has 0 saturated carbocycles. The highest BCUT2D eigenvalue weighted by atomic mass is 35.5. The first-order valence-corrected chi connectivity index (χ1v) is 46.3. The van der Waals surface area contributed by atoms with Gasteiger partial charge in [0.15, 0.2) is 11.6 Å². The van der Waals surface area contributed by atoms with Crippen molar-refractivity contribution in [2.24, 2.45) is 0 Å². The van der Waals surface area contributed by atoms with Crippen LogP contribution >= 0.6 is 11.6 Å². The van der Waals surface area contributed by atoms with Crippen molar-refractivity contribution in [3.05, 3.63) is 328 Å². The number of pyridine rings is 4. The number of ether oxygens (including phenoxy) is 5. The number of fused-ring (bicyclic) bond motifs is 20. The van der Waals surface area contributed by atoms with Gasteiger partial charge in [0.1, 0.15) is 122 Å². The van der Waals surface area contributed by atoms with E-state index in [1.807, 2.05) is 188 Å². The lowest BCUT2D eigenvalue weighted by molar-refractivity contribution is -0.112. The molecule has 146 heavy (non-hydrogen) atoms. The van der Waals surface area contributed by atoms with Crippen LogP contribution in [0.15, 0.2) is 244 Å². The van der Waals surface area contributed by atoms with Crippen LogP contribution < -0.4 is 90.1 Å². The maximum atomic E-state index is 14.7. The van der Waals surface area contributed by atoms with Crippen LogP contribution in [-0.2, 0) is 45.6 Å². The molecule has 36 nitrogen and oxygen atoms in total. The second kappa shape index (κ2) is 40.7. The predicted molar refractivity (Wildman–Crippen MR) is 562 cm³/mol. The summed E-state index contributed by atoms with van der Waals surface area (Å²) < 4.78 is 64.5. The number of anilines is 8. The number of rotatable bonds is 20. The first-order chi connectivity index (χ1) is 70.2. The molecule has 0 unspecified atom stereocenters. The fourth-order valence-electron chi connectivity index (χ4n) is 17.4. The number of nitrogen functional groups attached to an aromatic ring is 4. The third-order valence-corrected chi connectivity index (χ3v) is 24.7. The molecular formula is C107H98ClF2N23O13. The summed E-state index contributed by atoms with van der Waals surface area (Å²) in [5, 5.41) is 31.3. The van der Waals surface area contributed by atoms with E-state index in [2.05, 4.69) is 58.0 Å². The van der Waals surface area contributed by atoms with E-state index in [0.717, 1.165) is 67.4 Å². The molecule has 0 aliphatic carbocycles. The molecule has 21 rings (SSSR count). The Balaban J connectivity index is 0.000000128. The first-order valence-electron chi connectivity index (χ1n) is 45.9. The van der Waals surface area contributed by atoms with Gasteiger partial charge in [-0.15, -0.1) is 0 Å². The average Bonchev–Trinajstić information content (AvgIpc) is 1.57. The number of H-pyrrole nitrogens is 4. The summed E-state index contributed by atoms with van der Waals surface area (Å²) in [6.07, 6.45) is 10.9. The molecule has 12 heterocycles. The van der Waals surface area contributed by atoms with Crippen molar-refractivity contribution < 1.29 is 51.6 Å². The molecule has 0 bridgehead atoms. The summed E-state index contributed by atoms with van der Waals surface area (Å²) in [7, 11) is 11.6. The molecule has 4 aliphatic heterocycles. The van der Waals surface area contributed by atoms with Gasteiger partial charge in [0.2, 0.25) is 41.3 Å². The van der Waals surface area contributed by atoms with Crippen molar-refractivity contribution in [1.29, 1.82) is 0 Å². The van der Waals surface area contributed by atoms with Gasteiger partial charge < -0.3 is 87.6 Å². The molecular weight excluding hydrogens is 1890 g/mol. The Morgan fingerprint density at radius 2 is 0.815 bits per heavy atom. The number of hydrogen-bond donors (Lipinski definition) is 12. The molecule has 0 atom stereocenters. The number of nitrogens with two attached hydrogens (primary N) is 4. The number of carbonyl (C=O) groups excluding carboxylic acids is 4. The standard InChI is InChI=1S/C28H20FN5O4.C27H28N6O3.C26H25ClN6O3.C26H25FN6O3/c1-2-21(35)32-24-19(29)13-12-18-22-20(14-37-26(18)24)31-28(36)23-25(22)33-34(27(23)30)15-8-10-17(11-9-15)38-16-6-4-3-5-7-16;1-15-10-11-16(2)20(13-15)33-25(28)23-24(31-33)22-17-7-5-8-19(29-21(34)9-6-12-32(3)4)18(17)14-36-27(22)30-26(23)35;2*1-14-9-10-17(27)19(12-14)33-24(28)22-23(31-33)21-15-6-4-7-18(29-20(34)8-5-11-32(2)3)16(15)13-36-26(21)30-25(22)35/h2-13H,1,14,30H2,(H,31,36)(H,32,35);5-11,13H,12,14,28H2,1-4H3,(H,29,34)(H,30,35);2*4-10,12H,11,13,28H2,1-3H3,(H,29,34)(H,30,35)/b;9-6+;2*8-5+. The van der Waals surface area contributed by atoms with Gasteiger partial charge >= 0.3 is 0 Å². The number of halogens is 3. The molecule has 4 aliphatic rings. The first kappa shape index (κ1) is 97.9. The van der Waals surface area contributed by atoms with Crippen LogP contribution in [0.4, 0.5) is 54.8 Å². The second-order valence-corrected chi connectivity index (χ2v) is 36.0. The van der Waals surface area contributed by atoms with Crippen LogP contribution in [0.3, 0.4) is 0 Å². The van der Waals surface area contributed by atoms with E-state index >= 15 is 0 Å². The summed E-state index contributed by atoms with van der Waals surface area (Å²) in [6, 6.07) is 51.9. The summed E-state index contributed by atoms with van der Waals surface area (Å²) in [5.74, 6) is 0.354. The number of carbonyl (C=O) groups is 4. The van der Waals surface area contributed by atoms with Crippen LogP contribution in [0.1, 0.15) is 44.6 Å². The fourth-order valence-corrected chi connectivity index (χ4v) is 17.6. The molecule has 4 amide bonds. The Labute approximate surface area is 835 Å². The molecule has 0 radical (unpaired) electrons. The minimum absolute atomic E-state index is 0.0150. The molecule has 9 aromatic carbocycles. The maximum absolute atomic E-state index is 14.7. The Kier molecular flexibility index (Phi) is 27.3. The number of nitrogens with one attached hydrogen (secondary N) is 8. The lowest BCUT2D eigenvalue weighted by Gasteiger charge is -2.23. The molecule has 0 spiro atoms. The number of aromatic amines is 4. The second-order valence-electron chi connectivity index (χ2n) is 35.6. The van der Waals surface area contributed by atoms with Crippen LogP contribution in [0.25, 0.3) is 111 Å². The van der Waals surface area contributed by atoms with Gasteiger partial charge in [-0.1, -0.05) is 115 Å². The summed E-state index contributed by atoms with van der Waals surface area (Å²) in [5.41, 5.74) is 40.8. The minimum Gasteiger partial charge on any atom is -0.484 e. The number of benzene rings is 9. The van der Waals surface area contributed by atoms with Gasteiger partial charge in [-0.05, 0) is 212 Å². The molecule has 39 heteroatoms. The fraction of sp³-hybridized carbons (Fsp3) is 0.159. The van der Waals surface area contributed by atoms with Crippen LogP contribution in [0, 0.1) is 39.3 Å². The number of likely N-dealkylation sites (N-methyl/N-ethyl adjacent to an activating group) is 3. The molecule has 0 fully saturated rings. The van der Waals surface area contributed by atoms with E-state index in [4.69, 9.17) is 68.4 Å². The highest BCUT2D eigenvalue weighted by molar-refractivity contribution is 6.32. The molecule has 16 N–H and O–H groups in total. The molecule has 740 valence electrons. The summed E-state index contributed by atoms with van der Waals surface area (Å²) in [6.45, 7) is 13.5. The Morgan fingerprint density at radius 1 is 0.425 bits per heavy atom. The van der Waals surface area contributed by atoms with E-state index in [9.17, 15) is 47.1 Å². The number of hydrogen-bond acceptors (Lipinski definition) is 24. The highest BCUT2D eigenvalue weighted by Gasteiger charge is 2.36. The topological polar surface area (TPSA) is 479 Å². The quantitative estimate of drug-likeness (QED) is 0.0315. The van der Waals surface area contributed by atoms with Crippen molar-refractivity contribution in [3.63, 3.8) is 0 Å². The zero-order chi connectivity index (χ0) is 103. The van der Waals surface area contributed by atoms with Crippen LogP contribution in [-0.4, -0.2) is 159 Å². The molecule has 8 aromatic heterocycles. The third-order valence-electron chi connectivity index (χ3n) is 24.4. The van der Waals surface area contributed by atoms with Gasteiger partial charge in [-0.3, -0.25) is 53.3 Å². The Hall–Kier alpha value is -18.3. The Morgan fingerprint density at radius 3 is 1.27 bits per heavy atom. The van der Waals surface area contributed by atoms with Crippen molar-refractivity contribution in [2.75, 3.05) is 106 Å². The van der Waals surface area contributed by atoms with Crippen molar-refractivity contribution in [3.8, 4) is 102 Å². The SMILES string of the molecule is C=CC(=O)Nc1c(F)ccc2c1OCc1[nH]c(=O)c3c(N)n(-c4ccc(Oc5ccccc5)cc4)nc3c1-2.Cc1ccc(C)c(-n2nc3c4c([nH]c(=O)c3c2N)OCc2c(NC(=O)/C=C/CN(C)C)cccc2-4)c1.Cc1ccc(Cl)c(-n2nc3c4c([nH]c(=O)c3c2N)OCc2c(NC(=O)/C=C/CN(C)C)cccc2-4)c1.Cc1ccc(F)c(-n2nc3c4c([nH]c(=O)c3c2N)OCc2c(NC(=O)/C=C/CN(C)C)cccc2-4)c1. The average molecular weight is 1990 g/mol. The van der Waals surface area contributed by atoms with Crippen molar-refractivity contribution in [2.45, 2.75) is 54.1 Å². The van der Waals surface area contributed by atoms with Crippen molar-refractivity contribution >= 4 is 125 Å². The van der Waals surface area contributed by atoms with E-state index in [-0.39, 0.29) is 118 Å². The van der Waals surface area contributed by atoms with E-state index in [1.54, 1.807) is 77.5 Å². The smallest absolute Gasteiger partial charge is 0.264 e. The molecule has 17 aromatic rings.